The average Bonchev–Trinajstić information content (AvgIpc) is 2.77. The van der Waals surface area contributed by atoms with Crippen LogP contribution in [0.5, 0.6) is 0 Å². The van der Waals surface area contributed by atoms with Crippen molar-refractivity contribution in [2.45, 2.75) is 17.4 Å². The highest BCUT2D eigenvalue weighted by atomic mass is 79.9. The predicted molar refractivity (Wildman–Crippen MR) is 74.4 cm³/mol. The van der Waals surface area contributed by atoms with Crippen LogP contribution in [0.3, 0.4) is 0 Å². The van der Waals surface area contributed by atoms with E-state index >= 15 is 0 Å². The zero-order valence-electron chi connectivity index (χ0n) is 9.43. The van der Waals surface area contributed by atoms with E-state index in [-0.39, 0.29) is 5.25 Å². The molecule has 1 N–H and O–H groups in total. The zero-order valence-corrected chi connectivity index (χ0v) is 11.8. The lowest BCUT2D eigenvalue weighted by atomic mass is 10.0. The van der Waals surface area contributed by atoms with E-state index in [2.05, 4.69) is 27.0 Å². The molecule has 0 bridgehead atoms. The van der Waals surface area contributed by atoms with E-state index in [1.165, 1.54) is 5.56 Å². The second-order valence-corrected chi connectivity index (χ2v) is 5.92. The molecule has 0 amide bonds. The van der Waals surface area contributed by atoms with Crippen LogP contribution in [-0.2, 0) is 12.1 Å². The van der Waals surface area contributed by atoms with Crippen molar-refractivity contribution in [1.29, 1.82) is 0 Å². The first-order valence-corrected chi connectivity index (χ1v) is 7.49. The van der Waals surface area contributed by atoms with E-state index in [1.807, 2.05) is 23.1 Å². The Morgan fingerprint density at radius 2 is 2.35 bits per heavy atom. The van der Waals surface area contributed by atoms with E-state index in [0.717, 1.165) is 17.2 Å². The van der Waals surface area contributed by atoms with Gasteiger partial charge in [0.25, 0.3) is 0 Å². The SMILES string of the molecule is CN=C1SC2Cc3ccccc3C2(O)N1CBr. The highest BCUT2D eigenvalue weighted by Gasteiger charge is 2.56. The Kier molecular flexibility index (Phi) is 2.72. The molecular formula is C12H13BrN2OS. The van der Waals surface area contributed by atoms with Gasteiger partial charge in [-0.05, 0) is 12.0 Å². The number of thioether (sulfide) groups is 1. The molecule has 2 aliphatic rings. The standard InChI is InChI=1S/C12H13BrN2OS/c1-14-11-15(7-13)12(16)9-5-3-2-4-8(9)6-10(12)17-11/h2-5,10,16H,6-7H2,1H3. The molecule has 1 aliphatic heterocycles. The molecule has 0 radical (unpaired) electrons. The minimum absolute atomic E-state index is 0.149. The van der Waals surface area contributed by atoms with Crippen LogP contribution < -0.4 is 0 Å². The number of rotatable bonds is 1. The Labute approximate surface area is 113 Å². The molecule has 3 rings (SSSR count). The first-order valence-electron chi connectivity index (χ1n) is 5.49. The molecule has 5 heteroatoms. The molecule has 2 atom stereocenters. The fraction of sp³-hybridized carbons (Fsp3) is 0.417. The van der Waals surface area contributed by atoms with Crippen LogP contribution in [0.15, 0.2) is 29.3 Å². The highest BCUT2D eigenvalue weighted by Crippen LogP contribution is 2.52. The molecule has 1 aromatic carbocycles. The lowest BCUT2D eigenvalue weighted by molar-refractivity contribution is -0.0521. The smallest absolute Gasteiger partial charge is 0.179 e. The number of aliphatic hydroxyl groups is 1. The zero-order chi connectivity index (χ0) is 12.0. The summed E-state index contributed by atoms with van der Waals surface area (Å²) in [6.07, 6.45) is 0.903. The second kappa shape index (κ2) is 4.00. The first kappa shape index (κ1) is 11.6. The van der Waals surface area contributed by atoms with Gasteiger partial charge in [0.2, 0.25) is 0 Å². The van der Waals surface area contributed by atoms with Gasteiger partial charge >= 0.3 is 0 Å². The second-order valence-electron chi connectivity index (χ2n) is 4.25. The molecule has 1 saturated heterocycles. The van der Waals surface area contributed by atoms with Crippen LogP contribution in [0.4, 0.5) is 0 Å². The Morgan fingerprint density at radius 1 is 1.59 bits per heavy atom. The Hall–Kier alpha value is -0.520. The van der Waals surface area contributed by atoms with Gasteiger partial charge in [-0.2, -0.15) is 0 Å². The van der Waals surface area contributed by atoms with Crippen LogP contribution in [0, 0.1) is 0 Å². The average molecular weight is 313 g/mol. The van der Waals surface area contributed by atoms with Crippen LogP contribution in [-0.4, -0.2) is 32.9 Å². The summed E-state index contributed by atoms with van der Waals surface area (Å²) >= 11 is 5.12. The number of nitrogens with zero attached hydrogens (tertiary/aromatic N) is 2. The van der Waals surface area contributed by atoms with E-state index in [4.69, 9.17) is 0 Å². The maximum atomic E-state index is 11.0. The van der Waals surface area contributed by atoms with Gasteiger partial charge in [0.05, 0.1) is 10.7 Å². The van der Waals surface area contributed by atoms with Crippen LogP contribution in [0.1, 0.15) is 11.1 Å². The fourth-order valence-electron chi connectivity index (χ4n) is 2.67. The Balaban J connectivity index is 2.14. The van der Waals surface area contributed by atoms with Crippen molar-refractivity contribution in [2.75, 3.05) is 12.5 Å². The molecule has 0 saturated carbocycles. The maximum absolute atomic E-state index is 11.0. The molecule has 2 unspecified atom stereocenters. The molecule has 0 spiro atoms. The van der Waals surface area contributed by atoms with Gasteiger partial charge in [-0.25, -0.2) is 0 Å². The number of hydrogen-bond donors (Lipinski definition) is 1. The van der Waals surface area contributed by atoms with E-state index in [9.17, 15) is 5.11 Å². The summed E-state index contributed by atoms with van der Waals surface area (Å²) in [5, 5.41) is 12.1. The number of fused-ring (bicyclic) bond motifs is 3. The van der Waals surface area contributed by atoms with Crippen molar-refractivity contribution >= 4 is 32.9 Å². The van der Waals surface area contributed by atoms with Crippen molar-refractivity contribution in [3.8, 4) is 0 Å². The number of aliphatic imine (C=N–C) groups is 1. The molecule has 3 nitrogen and oxygen atoms in total. The van der Waals surface area contributed by atoms with Gasteiger partial charge in [0.15, 0.2) is 10.9 Å². The third kappa shape index (κ3) is 1.42. The number of amidine groups is 1. The lowest BCUT2D eigenvalue weighted by Crippen LogP contribution is -2.45. The molecule has 1 aromatic rings. The van der Waals surface area contributed by atoms with Crippen LogP contribution in [0.2, 0.25) is 0 Å². The molecular weight excluding hydrogens is 300 g/mol. The molecule has 1 aliphatic carbocycles. The summed E-state index contributed by atoms with van der Waals surface area (Å²) in [5.74, 6) is 0. The van der Waals surface area contributed by atoms with Crippen molar-refractivity contribution < 1.29 is 5.11 Å². The van der Waals surface area contributed by atoms with Gasteiger partial charge in [0.1, 0.15) is 0 Å². The molecule has 1 heterocycles. The maximum Gasteiger partial charge on any atom is 0.179 e. The summed E-state index contributed by atoms with van der Waals surface area (Å²) in [7, 11) is 1.77. The molecule has 0 aromatic heterocycles. The van der Waals surface area contributed by atoms with Gasteiger partial charge < -0.3 is 10.0 Å². The van der Waals surface area contributed by atoms with Gasteiger partial charge in [-0.1, -0.05) is 52.0 Å². The number of benzene rings is 1. The number of halogens is 1. The molecule has 17 heavy (non-hydrogen) atoms. The largest absolute Gasteiger partial charge is 0.366 e. The topological polar surface area (TPSA) is 35.8 Å². The third-order valence-corrected chi connectivity index (χ3v) is 5.36. The lowest BCUT2D eigenvalue weighted by Gasteiger charge is -2.33. The number of hydrogen-bond acceptors (Lipinski definition) is 3. The Bertz CT molecular complexity index is 493. The quantitative estimate of drug-likeness (QED) is 0.637. The molecule has 1 fully saturated rings. The summed E-state index contributed by atoms with van der Waals surface area (Å²) in [5.41, 5.74) is 1.96. The van der Waals surface area contributed by atoms with Crippen molar-refractivity contribution in [1.82, 2.24) is 4.90 Å². The van der Waals surface area contributed by atoms with Crippen LogP contribution >= 0.6 is 27.7 Å². The predicted octanol–water partition coefficient (Wildman–Crippen LogP) is 2.14. The fourth-order valence-corrected chi connectivity index (χ4v) is 4.83. The van der Waals surface area contributed by atoms with E-state index in [0.29, 0.717) is 5.45 Å². The number of alkyl halides is 1. The minimum atomic E-state index is -0.903. The van der Waals surface area contributed by atoms with E-state index in [1.54, 1.807) is 18.8 Å². The van der Waals surface area contributed by atoms with E-state index < -0.39 is 5.72 Å². The van der Waals surface area contributed by atoms with Gasteiger partial charge in [-0.3, -0.25) is 4.99 Å². The third-order valence-electron chi connectivity index (χ3n) is 3.47. The molecule has 90 valence electrons. The summed E-state index contributed by atoms with van der Waals surface area (Å²) in [4.78, 5) is 6.19. The minimum Gasteiger partial charge on any atom is -0.366 e. The van der Waals surface area contributed by atoms with Crippen molar-refractivity contribution in [3.05, 3.63) is 35.4 Å². The summed E-state index contributed by atoms with van der Waals surface area (Å²) in [6, 6.07) is 8.13. The Morgan fingerprint density at radius 3 is 3.06 bits per heavy atom. The van der Waals surface area contributed by atoms with Crippen molar-refractivity contribution in [3.63, 3.8) is 0 Å². The summed E-state index contributed by atoms with van der Waals surface area (Å²) in [6.45, 7) is 0. The summed E-state index contributed by atoms with van der Waals surface area (Å²) < 4.78 is 0. The van der Waals surface area contributed by atoms with Gasteiger partial charge in [-0.15, -0.1) is 0 Å². The van der Waals surface area contributed by atoms with Crippen molar-refractivity contribution in [2.24, 2.45) is 4.99 Å². The first-order chi connectivity index (χ1) is 8.21. The normalized spacial score (nSPS) is 33.0. The van der Waals surface area contributed by atoms with Crippen LogP contribution in [0.25, 0.3) is 0 Å². The van der Waals surface area contributed by atoms with Gasteiger partial charge in [0, 0.05) is 12.6 Å². The monoisotopic (exact) mass is 312 g/mol. The highest BCUT2D eigenvalue weighted by molar-refractivity contribution is 9.09.